The third-order valence-corrected chi connectivity index (χ3v) is 13.7. The molecule has 6 aromatic rings. The van der Waals surface area contributed by atoms with E-state index in [0.29, 0.717) is 32.6 Å². The quantitative estimate of drug-likeness (QED) is 0.0911. The summed E-state index contributed by atoms with van der Waals surface area (Å²) in [7, 11) is -7.87. The van der Waals surface area contributed by atoms with Crippen LogP contribution in [0.15, 0.2) is 94.7 Å². The molecule has 0 aliphatic heterocycles. The zero-order valence-electron chi connectivity index (χ0n) is 28.4. The number of halogens is 1. The summed E-state index contributed by atoms with van der Waals surface area (Å²) < 4.78 is 68.5. The van der Waals surface area contributed by atoms with Crippen LogP contribution in [0.25, 0.3) is 20.4 Å². The van der Waals surface area contributed by atoms with Crippen molar-refractivity contribution in [2.45, 2.75) is 23.1 Å². The molecule has 4 aromatic carbocycles. The fraction of sp³-hybridized carbons (Fsp3) is 0.222. The monoisotopic (exact) mass is 794 g/mol. The Kier molecular flexibility index (Phi) is 11.7. The van der Waals surface area contributed by atoms with E-state index >= 15 is 0 Å². The van der Waals surface area contributed by atoms with Crippen molar-refractivity contribution in [3.63, 3.8) is 0 Å². The molecule has 0 saturated carbocycles. The van der Waals surface area contributed by atoms with Gasteiger partial charge < -0.3 is 21.3 Å². The number of anilines is 2. The Bertz CT molecular complexity index is 2490. The van der Waals surface area contributed by atoms with Gasteiger partial charge in [0.05, 0.1) is 52.9 Å². The zero-order chi connectivity index (χ0) is 37.6. The highest BCUT2D eigenvalue weighted by Gasteiger charge is 2.25. The van der Waals surface area contributed by atoms with Gasteiger partial charge in [0.15, 0.2) is 29.9 Å². The van der Waals surface area contributed by atoms with Gasteiger partial charge >= 0.3 is 0 Å². The van der Waals surface area contributed by atoms with Crippen molar-refractivity contribution >= 4 is 84.9 Å². The number of carbonyl (C=O) groups is 2. The molecule has 0 fully saturated rings. The van der Waals surface area contributed by atoms with Gasteiger partial charge in [-0.3, -0.25) is 9.59 Å². The molecule has 0 bridgehead atoms. The van der Waals surface area contributed by atoms with Gasteiger partial charge in [-0.25, -0.2) is 31.2 Å². The van der Waals surface area contributed by atoms with Gasteiger partial charge in [0.1, 0.15) is 5.82 Å². The highest BCUT2D eigenvalue weighted by molar-refractivity contribution is 7.91. The molecule has 0 radical (unpaired) electrons. The Morgan fingerprint density at radius 3 is 1.94 bits per heavy atom. The van der Waals surface area contributed by atoms with Gasteiger partial charge in [-0.2, -0.15) is 0 Å². The Hall–Kier alpha value is -4.97. The number of para-hydroxylation sites is 1. The molecule has 2 amide bonds. The lowest BCUT2D eigenvalue weighted by Crippen LogP contribution is -2.30. The van der Waals surface area contributed by atoms with Crippen LogP contribution in [-0.2, 0) is 26.1 Å². The zero-order valence-corrected chi connectivity index (χ0v) is 31.7. The first-order valence-electron chi connectivity index (χ1n) is 16.6. The van der Waals surface area contributed by atoms with E-state index in [4.69, 9.17) is 0 Å². The molecule has 0 saturated heterocycles. The van der Waals surface area contributed by atoms with Crippen molar-refractivity contribution in [2.75, 3.05) is 48.3 Å². The lowest BCUT2D eigenvalue weighted by atomic mass is 10.1. The smallest absolute Gasteiger partial charge is 0.252 e. The lowest BCUT2D eigenvalue weighted by Gasteiger charge is -2.14. The number of sulfone groups is 2. The molecule has 0 spiro atoms. The number of aromatic nitrogens is 2. The summed E-state index contributed by atoms with van der Waals surface area (Å²) in [4.78, 5) is 34.8. The molecule has 0 aliphatic rings. The number of carbonyl (C=O) groups excluding carboxylic acids is 2. The number of nitrogens with zero attached hydrogens (tertiary/aromatic N) is 2. The second-order valence-corrected chi connectivity index (χ2v) is 18.2. The third-order valence-electron chi connectivity index (χ3n) is 8.15. The average molecular weight is 795 g/mol. The maximum absolute atomic E-state index is 13.6. The first-order valence-corrected chi connectivity index (χ1v) is 21.5. The van der Waals surface area contributed by atoms with Gasteiger partial charge in [-0.1, -0.05) is 59.9 Å². The number of benzene rings is 4. The van der Waals surface area contributed by atoms with Crippen LogP contribution in [0.3, 0.4) is 0 Å². The lowest BCUT2D eigenvalue weighted by molar-refractivity contribution is 0.0944. The first-order chi connectivity index (χ1) is 25.4. The van der Waals surface area contributed by atoms with Gasteiger partial charge in [0.25, 0.3) is 11.8 Å². The van der Waals surface area contributed by atoms with E-state index in [0.717, 1.165) is 10.2 Å². The largest absolute Gasteiger partial charge is 0.360 e. The molecule has 2 heterocycles. The fourth-order valence-corrected chi connectivity index (χ4v) is 9.86. The summed E-state index contributed by atoms with van der Waals surface area (Å²) in [6, 6.07) is 22.2. The minimum absolute atomic E-state index is 0.000257. The summed E-state index contributed by atoms with van der Waals surface area (Å²) in [5.74, 6) is -2.20. The maximum atomic E-state index is 13.6. The van der Waals surface area contributed by atoms with Crippen molar-refractivity contribution in [3.8, 4) is 0 Å². The number of thiazole rings is 2. The maximum Gasteiger partial charge on any atom is 0.252 e. The van der Waals surface area contributed by atoms with Crippen molar-refractivity contribution in [1.82, 2.24) is 20.6 Å². The summed E-state index contributed by atoms with van der Waals surface area (Å²) in [5.41, 5.74) is 1.85. The number of fused-ring (bicyclic) bond motifs is 2. The molecule has 4 N–H and O–H groups in total. The van der Waals surface area contributed by atoms with Crippen LogP contribution in [0.2, 0.25) is 0 Å². The molecule has 276 valence electrons. The molecule has 6 rings (SSSR count). The van der Waals surface area contributed by atoms with Crippen LogP contribution < -0.4 is 21.3 Å². The van der Waals surface area contributed by atoms with Gasteiger partial charge in [-0.05, 0) is 66.6 Å². The molecule has 53 heavy (non-hydrogen) atoms. The van der Waals surface area contributed by atoms with Crippen LogP contribution in [0.5, 0.6) is 0 Å². The SMILES string of the molecule is CCS(=O)(=O)c1cc(CCS(=O)(=O)c2ccccc2C(=O)NCCNc2nc3ccccc3s2)ccc1C(=O)NCCNc1nc2ccc(F)cc2s1. The van der Waals surface area contributed by atoms with Crippen LogP contribution in [0.1, 0.15) is 33.2 Å². The van der Waals surface area contributed by atoms with Crippen LogP contribution in [0.4, 0.5) is 14.7 Å². The molecular weight excluding hydrogens is 760 g/mol. The summed E-state index contributed by atoms with van der Waals surface area (Å²) >= 11 is 2.76. The van der Waals surface area contributed by atoms with E-state index in [9.17, 15) is 30.8 Å². The topological polar surface area (TPSA) is 176 Å². The van der Waals surface area contributed by atoms with Crippen LogP contribution >= 0.6 is 22.7 Å². The molecule has 0 unspecified atom stereocenters. The van der Waals surface area contributed by atoms with Crippen molar-refractivity contribution in [2.24, 2.45) is 0 Å². The van der Waals surface area contributed by atoms with Gasteiger partial charge in [0, 0.05) is 26.2 Å². The van der Waals surface area contributed by atoms with E-state index < -0.39 is 37.2 Å². The Morgan fingerprint density at radius 2 is 1.26 bits per heavy atom. The van der Waals surface area contributed by atoms with E-state index in [-0.39, 0.29) is 58.5 Å². The van der Waals surface area contributed by atoms with E-state index in [2.05, 4.69) is 31.2 Å². The van der Waals surface area contributed by atoms with Crippen LogP contribution in [-0.4, -0.2) is 76.3 Å². The second-order valence-electron chi connectivity index (χ2n) is 11.8. The molecule has 12 nitrogen and oxygen atoms in total. The molecule has 0 aliphatic carbocycles. The first kappa shape index (κ1) is 37.8. The third kappa shape index (κ3) is 9.16. The van der Waals surface area contributed by atoms with Gasteiger partial charge in [0.2, 0.25) is 0 Å². The minimum atomic E-state index is -3.99. The number of rotatable bonds is 16. The number of hydrogen-bond acceptors (Lipinski definition) is 12. The fourth-order valence-electron chi connectivity index (χ4n) is 5.41. The molecule has 17 heteroatoms. The molecule has 0 atom stereocenters. The van der Waals surface area contributed by atoms with Crippen LogP contribution in [0, 0.1) is 5.82 Å². The predicted octanol–water partition coefficient (Wildman–Crippen LogP) is 5.54. The van der Waals surface area contributed by atoms with Crippen molar-refractivity contribution < 1.29 is 30.8 Å². The summed E-state index contributed by atoms with van der Waals surface area (Å²) in [6.07, 6.45) is -0.0610. The minimum Gasteiger partial charge on any atom is -0.360 e. The number of amides is 2. The highest BCUT2D eigenvalue weighted by atomic mass is 32.2. The Morgan fingerprint density at radius 1 is 0.660 bits per heavy atom. The standard InChI is InChI=1S/C36H35FN6O6S4/c1-2-52(46,47)32-21-23(11-13-26(32)34(45)39-17-19-41-36-43-28-14-12-24(37)22-30(28)51-36)15-20-53(48,49)31-10-6-3-7-25(31)33(44)38-16-18-40-35-42-27-8-4-5-9-29(27)50-35/h3-14,21-22H,2,15-20H2,1H3,(H,38,44)(H,39,45)(H,40,42)(H,41,43). The average Bonchev–Trinajstić information content (AvgIpc) is 3.77. The van der Waals surface area contributed by atoms with Crippen molar-refractivity contribution in [3.05, 3.63) is 107 Å². The summed E-state index contributed by atoms with van der Waals surface area (Å²) in [5, 5.41) is 13.0. The number of aryl methyl sites for hydroxylation is 1. The highest BCUT2D eigenvalue weighted by Crippen LogP contribution is 2.27. The Labute approximate surface area is 313 Å². The van der Waals surface area contributed by atoms with E-state index in [1.807, 2.05) is 24.3 Å². The molecule has 2 aromatic heterocycles. The van der Waals surface area contributed by atoms with Crippen molar-refractivity contribution in [1.29, 1.82) is 0 Å². The van der Waals surface area contributed by atoms with E-state index in [1.165, 1.54) is 78.1 Å². The summed E-state index contributed by atoms with van der Waals surface area (Å²) in [6.45, 7) is 2.48. The predicted molar refractivity (Wildman–Crippen MR) is 207 cm³/mol. The normalized spacial score (nSPS) is 11.8. The molecular formula is C36H35FN6O6S4. The van der Waals surface area contributed by atoms with E-state index in [1.54, 1.807) is 12.1 Å². The number of hydrogen-bond donors (Lipinski definition) is 4. The van der Waals surface area contributed by atoms with Gasteiger partial charge in [-0.15, -0.1) is 0 Å². The number of nitrogens with one attached hydrogen (secondary N) is 4. The second kappa shape index (κ2) is 16.4. The Balaban J connectivity index is 1.06.